The first-order valence-electron chi connectivity index (χ1n) is 7.56. The summed E-state index contributed by atoms with van der Waals surface area (Å²) in [6.45, 7) is 7.16. The lowest BCUT2D eigenvalue weighted by atomic mass is 9.81. The number of carbonyl (C=O) groups excluding carboxylic acids is 1. The second-order valence-electron chi connectivity index (χ2n) is 6.15. The molecule has 1 aromatic heterocycles. The molecule has 1 aliphatic carbocycles. The van der Waals surface area contributed by atoms with Crippen LogP contribution in [-0.2, 0) is 13.0 Å². The summed E-state index contributed by atoms with van der Waals surface area (Å²) in [4.78, 5) is 21.0. The number of nitrogens with zero attached hydrogens (tertiary/aromatic N) is 3. The lowest BCUT2D eigenvalue weighted by molar-refractivity contribution is 0.0531. The predicted octanol–water partition coefficient (Wildman–Crippen LogP) is 1.92. The summed E-state index contributed by atoms with van der Waals surface area (Å²) in [7, 11) is 1.86. The monoisotopic (exact) mass is 277 g/mol. The van der Waals surface area contributed by atoms with Crippen molar-refractivity contribution in [2.75, 3.05) is 20.1 Å². The molecule has 1 fully saturated rings. The Hall–Kier alpha value is -1.36. The van der Waals surface area contributed by atoms with Crippen molar-refractivity contribution < 1.29 is 9.21 Å². The molecule has 3 rings (SSSR count). The molecule has 0 aromatic carbocycles. The fourth-order valence-electron chi connectivity index (χ4n) is 3.11. The van der Waals surface area contributed by atoms with E-state index >= 15 is 0 Å². The molecule has 0 N–H and O–H groups in total. The van der Waals surface area contributed by atoms with E-state index in [1.165, 1.54) is 0 Å². The molecule has 2 heterocycles. The van der Waals surface area contributed by atoms with Crippen LogP contribution in [0.5, 0.6) is 0 Å². The van der Waals surface area contributed by atoms with Crippen LogP contribution in [0.25, 0.3) is 0 Å². The van der Waals surface area contributed by atoms with Gasteiger partial charge in [-0.2, -0.15) is 0 Å². The Morgan fingerprint density at radius 3 is 2.90 bits per heavy atom. The van der Waals surface area contributed by atoms with Crippen molar-refractivity contribution in [3.8, 4) is 0 Å². The van der Waals surface area contributed by atoms with Crippen molar-refractivity contribution in [3.05, 3.63) is 17.3 Å². The Morgan fingerprint density at radius 2 is 2.25 bits per heavy atom. The third-order valence-corrected chi connectivity index (χ3v) is 4.65. The maximum absolute atomic E-state index is 12.4. The minimum absolute atomic E-state index is 0.0700. The van der Waals surface area contributed by atoms with Crippen LogP contribution in [0.15, 0.2) is 4.42 Å². The molecule has 2 aliphatic rings. The Labute approximate surface area is 119 Å². The van der Waals surface area contributed by atoms with Crippen LogP contribution in [-0.4, -0.2) is 46.9 Å². The van der Waals surface area contributed by atoms with Crippen LogP contribution in [0, 0.1) is 5.92 Å². The molecule has 0 saturated heterocycles. The average Bonchev–Trinajstić information content (AvgIpc) is 2.84. The van der Waals surface area contributed by atoms with Gasteiger partial charge >= 0.3 is 5.91 Å². The molecule has 20 heavy (non-hydrogen) atoms. The van der Waals surface area contributed by atoms with Gasteiger partial charge in [-0.1, -0.05) is 13.8 Å². The molecule has 1 saturated carbocycles. The highest BCUT2D eigenvalue weighted by Crippen LogP contribution is 2.31. The van der Waals surface area contributed by atoms with E-state index in [0.717, 1.165) is 56.3 Å². The van der Waals surface area contributed by atoms with Crippen molar-refractivity contribution in [1.82, 2.24) is 14.8 Å². The van der Waals surface area contributed by atoms with Gasteiger partial charge in [-0.15, -0.1) is 0 Å². The zero-order valence-electron chi connectivity index (χ0n) is 12.6. The fourth-order valence-corrected chi connectivity index (χ4v) is 3.11. The quantitative estimate of drug-likeness (QED) is 0.847. The van der Waals surface area contributed by atoms with Crippen LogP contribution in [0.3, 0.4) is 0 Å². The Morgan fingerprint density at radius 1 is 1.50 bits per heavy atom. The van der Waals surface area contributed by atoms with Gasteiger partial charge in [0.2, 0.25) is 0 Å². The molecule has 1 amide bonds. The van der Waals surface area contributed by atoms with Gasteiger partial charge in [0.25, 0.3) is 5.89 Å². The lowest BCUT2D eigenvalue weighted by Gasteiger charge is -2.38. The largest absolute Gasteiger partial charge is 0.437 e. The summed E-state index contributed by atoms with van der Waals surface area (Å²) >= 11 is 0. The van der Waals surface area contributed by atoms with Gasteiger partial charge in [0.15, 0.2) is 0 Å². The van der Waals surface area contributed by atoms with E-state index in [1.54, 1.807) is 4.90 Å². The summed E-state index contributed by atoms with van der Waals surface area (Å²) in [6, 6.07) is 0.355. The minimum atomic E-state index is -0.0700. The van der Waals surface area contributed by atoms with Gasteiger partial charge in [0.1, 0.15) is 5.76 Å². The highest BCUT2D eigenvalue weighted by atomic mass is 16.4. The zero-order valence-corrected chi connectivity index (χ0v) is 12.6. The Balaban J connectivity index is 1.71. The number of fused-ring (bicyclic) bond motifs is 1. The maximum Gasteiger partial charge on any atom is 0.309 e. The van der Waals surface area contributed by atoms with Gasteiger partial charge in [0.05, 0.1) is 5.69 Å². The second kappa shape index (κ2) is 5.20. The fraction of sp³-hybridized carbons (Fsp3) is 0.733. The number of rotatable bonds is 3. The molecule has 0 spiro atoms. The molecule has 1 aliphatic heterocycles. The molecule has 1 aromatic rings. The van der Waals surface area contributed by atoms with Crippen molar-refractivity contribution >= 4 is 5.91 Å². The van der Waals surface area contributed by atoms with Gasteiger partial charge in [-0.3, -0.25) is 9.69 Å². The van der Waals surface area contributed by atoms with Gasteiger partial charge in [-0.25, -0.2) is 4.98 Å². The minimum Gasteiger partial charge on any atom is -0.437 e. The maximum atomic E-state index is 12.4. The van der Waals surface area contributed by atoms with Crippen LogP contribution in [0.1, 0.15) is 48.8 Å². The molecule has 0 bridgehead atoms. The number of amides is 1. The first-order valence-corrected chi connectivity index (χ1v) is 7.56. The molecule has 0 atom stereocenters. The molecule has 110 valence electrons. The van der Waals surface area contributed by atoms with Gasteiger partial charge in [0, 0.05) is 32.6 Å². The third kappa shape index (κ3) is 2.35. The molecule has 5 nitrogen and oxygen atoms in total. The van der Waals surface area contributed by atoms with E-state index in [9.17, 15) is 4.79 Å². The summed E-state index contributed by atoms with van der Waals surface area (Å²) in [5.41, 5.74) is 0.942. The van der Waals surface area contributed by atoms with Crippen LogP contribution >= 0.6 is 0 Å². The van der Waals surface area contributed by atoms with E-state index in [4.69, 9.17) is 4.42 Å². The van der Waals surface area contributed by atoms with Crippen LogP contribution < -0.4 is 0 Å². The molecular formula is C15H23N3O2. The summed E-state index contributed by atoms with van der Waals surface area (Å²) in [5.74, 6) is 1.83. The van der Waals surface area contributed by atoms with Crippen LogP contribution in [0.4, 0.5) is 0 Å². The van der Waals surface area contributed by atoms with E-state index in [0.29, 0.717) is 6.04 Å². The average molecular weight is 277 g/mol. The van der Waals surface area contributed by atoms with Crippen molar-refractivity contribution in [2.45, 2.75) is 45.7 Å². The van der Waals surface area contributed by atoms with E-state index in [-0.39, 0.29) is 11.8 Å². The smallest absolute Gasteiger partial charge is 0.309 e. The summed E-state index contributed by atoms with van der Waals surface area (Å²) < 4.78 is 5.70. The molecular weight excluding hydrogens is 254 g/mol. The number of oxazole rings is 1. The normalized spacial score (nSPS) is 25.9. The first kappa shape index (κ1) is 13.6. The number of carbonyl (C=O) groups is 1. The standard InChI is InChI=1S/C15H23N3O2/c1-4-18-6-5-13-12(9-18)16-14(20-13)15(19)17(3)11-7-10(2)8-11/h10-11H,4-9H2,1-3H3. The predicted molar refractivity (Wildman–Crippen MR) is 75.4 cm³/mol. The molecule has 5 heteroatoms. The first-order chi connectivity index (χ1) is 9.58. The van der Waals surface area contributed by atoms with Crippen LogP contribution in [0.2, 0.25) is 0 Å². The topological polar surface area (TPSA) is 49.6 Å². The Kier molecular flexibility index (Phi) is 3.54. The van der Waals surface area contributed by atoms with Gasteiger partial charge in [-0.05, 0) is 25.3 Å². The highest BCUT2D eigenvalue weighted by molar-refractivity contribution is 5.89. The SMILES string of the molecule is CCN1CCc2oc(C(=O)N(C)C3CC(C)C3)nc2C1. The van der Waals surface area contributed by atoms with Gasteiger partial charge < -0.3 is 9.32 Å². The number of hydrogen-bond acceptors (Lipinski definition) is 4. The third-order valence-electron chi connectivity index (χ3n) is 4.65. The molecule has 0 unspecified atom stereocenters. The Bertz CT molecular complexity index is 505. The number of aromatic nitrogens is 1. The molecule has 0 radical (unpaired) electrons. The second-order valence-corrected chi connectivity index (χ2v) is 6.15. The number of likely N-dealkylation sites (N-methyl/N-ethyl adjacent to an activating group) is 1. The zero-order chi connectivity index (χ0) is 14.3. The summed E-state index contributed by atoms with van der Waals surface area (Å²) in [5, 5.41) is 0. The van der Waals surface area contributed by atoms with Crippen molar-refractivity contribution in [1.29, 1.82) is 0 Å². The van der Waals surface area contributed by atoms with E-state index in [1.807, 2.05) is 7.05 Å². The highest BCUT2D eigenvalue weighted by Gasteiger charge is 2.34. The van der Waals surface area contributed by atoms with Crippen molar-refractivity contribution in [3.63, 3.8) is 0 Å². The van der Waals surface area contributed by atoms with Crippen molar-refractivity contribution in [2.24, 2.45) is 5.92 Å². The van der Waals surface area contributed by atoms with E-state index in [2.05, 4.69) is 23.7 Å². The van der Waals surface area contributed by atoms with E-state index < -0.39 is 0 Å². The number of hydrogen-bond donors (Lipinski definition) is 0. The summed E-state index contributed by atoms with van der Waals surface area (Å²) in [6.07, 6.45) is 3.03. The lowest BCUT2D eigenvalue weighted by Crippen LogP contribution is -2.44.